The molecule has 102 valence electrons. The molecule has 18 heavy (non-hydrogen) atoms. The minimum absolute atomic E-state index is 0.562. The molecule has 3 heteroatoms. The first-order chi connectivity index (χ1) is 8.50. The maximum atomic E-state index is 5.99. The lowest BCUT2D eigenvalue weighted by atomic mass is 10.1. The van der Waals surface area contributed by atoms with E-state index < -0.39 is 0 Å². The quantitative estimate of drug-likeness (QED) is 0.752. The number of rotatable bonds is 7. The van der Waals surface area contributed by atoms with Crippen molar-refractivity contribution in [2.45, 2.75) is 46.6 Å². The van der Waals surface area contributed by atoms with E-state index in [9.17, 15) is 0 Å². The van der Waals surface area contributed by atoms with Crippen LogP contribution >= 0.6 is 11.6 Å². The lowest BCUT2D eigenvalue weighted by Gasteiger charge is -2.13. The van der Waals surface area contributed by atoms with E-state index in [0.717, 1.165) is 47.9 Å². The number of hydrogen-bond donors (Lipinski definition) is 1. The number of halogens is 1. The summed E-state index contributed by atoms with van der Waals surface area (Å²) < 4.78 is 5.84. The Morgan fingerprint density at radius 1 is 1.17 bits per heavy atom. The van der Waals surface area contributed by atoms with Crippen LogP contribution in [0.5, 0.6) is 5.75 Å². The fourth-order valence-corrected chi connectivity index (χ4v) is 2.24. The van der Waals surface area contributed by atoms with Gasteiger partial charge in [0.2, 0.25) is 0 Å². The van der Waals surface area contributed by atoms with Gasteiger partial charge in [0.25, 0.3) is 0 Å². The summed E-state index contributed by atoms with van der Waals surface area (Å²) in [5.74, 6) is 0.983. The predicted octanol–water partition coefficient (Wildman–Crippen LogP) is 4.11. The fourth-order valence-electron chi connectivity index (χ4n) is 1.92. The number of benzene rings is 1. The summed E-state index contributed by atoms with van der Waals surface area (Å²) in [5.41, 5.74) is 2.22. The average molecular weight is 270 g/mol. The third-order valence-electron chi connectivity index (χ3n) is 2.80. The van der Waals surface area contributed by atoms with Gasteiger partial charge in [0, 0.05) is 11.1 Å². The van der Waals surface area contributed by atoms with Gasteiger partial charge in [-0.2, -0.15) is 0 Å². The third-order valence-corrected chi connectivity index (χ3v) is 3.01. The molecule has 0 unspecified atom stereocenters. The summed E-state index contributed by atoms with van der Waals surface area (Å²) in [6, 6.07) is 4.46. The van der Waals surface area contributed by atoms with Crippen LogP contribution < -0.4 is 10.1 Å². The Morgan fingerprint density at radius 2 is 1.78 bits per heavy atom. The van der Waals surface area contributed by atoms with Gasteiger partial charge in [0.05, 0.1) is 6.61 Å². The van der Waals surface area contributed by atoms with Crippen LogP contribution in [-0.4, -0.2) is 19.2 Å². The maximum Gasteiger partial charge on any atom is 0.125 e. The molecule has 0 aliphatic carbocycles. The van der Waals surface area contributed by atoms with Gasteiger partial charge in [-0.1, -0.05) is 25.4 Å². The third kappa shape index (κ3) is 5.28. The summed E-state index contributed by atoms with van der Waals surface area (Å²) in [4.78, 5) is 0. The number of aryl methyl sites for hydroxylation is 2. The van der Waals surface area contributed by atoms with E-state index in [1.807, 2.05) is 26.0 Å². The largest absolute Gasteiger partial charge is 0.493 e. The van der Waals surface area contributed by atoms with E-state index in [0.29, 0.717) is 6.04 Å². The maximum absolute atomic E-state index is 5.99. The van der Waals surface area contributed by atoms with Gasteiger partial charge in [0.15, 0.2) is 0 Å². The van der Waals surface area contributed by atoms with Crippen molar-refractivity contribution in [1.82, 2.24) is 5.32 Å². The number of unbranched alkanes of at least 4 members (excludes halogenated alkanes) is 1. The van der Waals surface area contributed by atoms with Crippen LogP contribution in [0, 0.1) is 13.8 Å². The molecule has 0 radical (unpaired) electrons. The van der Waals surface area contributed by atoms with Crippen LogP contribution in [0.3, 0.4) is 0 Å². The van der Waals surface area contributed by atoms with Crippen molar-refractivity contribution in [2.75, 3.05) is 13.2 Å². The van der Waals surface area contributed by atoms with E-state index in [4.69, 9.17) is 16.3 Å². The van der Waals surface area contributed by atoms with E-state index in [-0.39, 0.29) is 0 Å². The van der Waals surface area contributed by atoms with Crippen molar-refractivity contribution in [1.29, 1.82) is 0 Å². The SMILES string of the molecule is Cc1cc(Cl)cc(C)c1OCCCCNC(C)C. The molecule has 1 aromatic carbocycles. The molecule has 0 bridgehead atoms. The molecular weight excluding hydrogens is 246 g/mol. The van der Waals surface area contributed by atoms with Gasteiger partial charge in [-0.25, -0.2) is 0 Å². The zero-order valence-electron chi connectivity index (χ0n) is 11.8. The lowest BCUT2D eigenvalue weighted by Crippen LogP contribution is -2.23. The summed E-state index contributed by atoms with van der Waals surface area (Å²) in [6.07, 6.45) is 2.21. The van der Waals surface area contributed by atoms with E-state index in [1.165, 1.54) is 0 Å². The summed E-state index contributed by atoms with van der Waals surface area (Å²) in [6.45, 7) is 10.2. The van der Waals surface area contributed by atoms with Gasteiger partial charge in [-0.15, -0.1) is 0 Å². The standard InChI is InChI=1S/C15H24ClNO/c1-11(2)17-7-5-6-8-18-15-12(3)9-14(16)10-13(15)4/h9-11,17H,5-8H2,1-4H3. The number of nitrogens with one attached hydrogen (secondary N) is 1. The molecule has 2 nitrogen and oxygen atoms in total. The topological polar surface area (TPSA) is 21.3 Å². The zero-order chi connectivity index (χ0) is 13.5. The molecule has 0 amide bonds. The number of ether oxygens (including phenoxy) is 1. The Morgan fingerprint density at radius 3 is 2.33 bits per heavy atom. The Labute approximate surface area is 116 Å². The van der Waals surface area contributed by atoms with Crippen LogP contribution in [-0.2, 0) is 0 Å². The van der Waals surface area contributed by atoms with Crippen LogP contribution in [0.1, 0.15) is 37.8 Å². The smallest absolute Gasteiger partial charge is 0.125 e. The van der Waals surface area contributed by atoms with Gasteiger partial charge in [0.1, 0.15) is 5.75 Å². The molecule has 0 atom stereocenters. The summed E-state index contributed by atoms with van der Waals surface area (Å²) in [5, 5.41) is 4.18. The highest BCUT2D eigenvalue weighted by atomic mass is 35.5. The summed E-state index contributed by atoms with van der Waals surface area (Å²) >= 11 is 5.99. The average Bonchev–Trinajstić information content (AvgIpc) is 2.25. The van der Waals surface area contributed by atoms with Crippen LogP contribution in [0.25, 0.3) is 0 Å². The predicted molar refractivity (Wildman–Crippen MR) is 78.8 cm³/mol. The molecule has 0 saturated heterocycles. The molecule has 0 fully saturated rings. The van der Waals surface area contributed by atoms with Crippen molar-refractivity contribution in [3.05, 3.63) is 28.3 Å². The lowest BCUT2D eigenvalue weighted by molar-refractivity contribution is 0.301. The van der Waals surface area contributed by atoms with E-state index >= 15 is 0 Å². The molecule has 0 aliphatic heterocycles. The molecule has 0 saturated carbocycles. The molecule has 1 N–H and O–H groups in total. The molecule has 1 rings (SSSR count). The number of hydrogen-bond acceptors (Lipinski definition) is 2. The van der Waals surface area contributed by atoms with Crippen molar-refractivity contribution in [3.8, 4) is 5.75 Å². The second-order valence-corrected chi connectivity index (χ2v) is 5.47. The highest BCUT2D eigenvalue weighted by molar-refractivity contribution is 6.30. The Kier molecular flexibility index (Phi) is 6.51. The minimum Gasteiger partial charge on any atom is -0.493 e. The monoisotopic (exact) mass is 269 g/mol. The van der Waals surface area contributed by atoms with E-state index in [1.54, 1.807) is 0 Å². The zero-order valence-corrected chi connectivity index (χ0v) is 12.6. The van der Waals surface area contributed by atoms with Crippen molar-refractivity contribution < 1.29 is 4.74 Å². The van der Waals surface area contributed by atoms with Gasteiger partial charge >= 0.3 is 0 Å². The van der Waals surface area contributed by atoms with Gasteiger partial charge < -0.3 is 10.1 Å². The molecule has 0 heterocycles. The molecule has 0 aromatic heterocycles. The first-order valence-corrected chi connectivity index (χ1v) is 7.01. The minimum atomic E-state index is 0.562. The normalized spacial score (nSPS) is 11.0. The highest BCUT2D eigenvalue weighted by Gasteiger charge is 2.05. The van der Waals surface area contributed by atoms with Gasteiger partial charge in [-0.3, -0.25) is 0 Å². The van der Waals surface area contributed by atoms with Crippen molar-refractivity contribution in [3.63, 3.8) is 0 Å². The molecule has 0 aliphatic rings. The first-order valence-electron chi connectivity index (χ1n) is 6.63. The Bertz CT molecular complexity index is 354. The van der Waals surface area contributed by atoms with Crippen LogP contribution in [0.2, 0.25) is 5.02 Å². The molecular formula is C15H24ClNO. The Balaban J connectivity index is 2.31. The summed E-state index contributed by atoms with van der Waals surface area (Å²) in [7, 11) is 0. The second-order valence-electron chi connectivity index (χ2n) is 5.03. The Hall–Kier alpha value is -0.730. The van der Waals surface area contributed by atoms with Crippen molar-refractivity contribution >= 4 is 11.6 Å². The van der Waals surface area contributed by atoms with Crippen LogP contribution in [0.4, 0.5) is 0 Å². The molecule has 0 spiro atoms. The highest BCUT2D eigenvalue weighted by Crippen LogP contribution is 2.27. The fraction of sp³-hybridized carbons (Fsp3) is 0.600. The second kappa shape index (κ2) is 7.65. The van der Waals surface area contributed by atoms with E-state index in [2.05, 4.69) is 19.2 Å². The first kappa shape index (κ1) is 15.3. The molecule has 1 aromatic rings. The van der Waals surface area contributed by atoms with Crippen LogP contribution in [0.15, 0.2) is 12.1 Å². The van der Waals surface area contributed by atoms with Gasteiger partial charge in [-0.05, 0) is 56.5 Å². The van der Waals surface area contributed by atoms with Crippen molar-refractivity contribution in [2.24, 2.45) is 0 Å².